The van der Waals surface area contributed by atoms with Crippen molar-refractivity contribution in [2.24, 2.45) is 11.3 Å². The van der Waals surface area contributed by atoms with Gasteiger partial charge in [0.25, 0.3) is 0 Å². The number of para-hydroxylation sites is 2. The molecule has 0 aromatic heterocycles. The molecule has 1 amide bonds. The van der Waals surface area contributed by atoms with E-state index in [9.17, 15) is 14.4 Å². The van der Waals surface area contributed by atoms with Gasteiger partial charge in [0.05, 0.1) is 17.5 Å². The molecule has 1 fully saturated rings. The highest BCUT2D eigenvalue weighted by atomic mass is 19.1. The molecule has 192 valence electrons. The van der Waals surface area contributed by atoms with Crippen LogP contribution in [0, 0.1) is 17.2 Å². The molecule has 3 aromatic rings. The van der Waals surface area contributed by atoms with Gasteiger partial charge in [0.2, 0.25) is 5.91 Å². The Hall–Kier alpha value is -4.06. The summed E-state index contributed by atoms with van der Waals surface area (Å²) in [6.45, 7) is 7.44. The van der Waals surface area contributed by atoms with E-state index in [1.54, 1.807) is 6.07 Å². The first-order valence-electron chi connectivity index (χ1n) is 12.9. The lowest BCUT2D eigenvalue weighted by Gasteiger charge is -2.39. The van der Waals surface area contributed by atoms with Gasteiger partial charge in [-0.3, -0.25) is 14.4 Å². The third-order valence-electron chi connectivity index (χ3n) is 8.31. The van der Waals surface area contributed by atoms with Gasteiger partial charge in [-0.25, -0.2) is 4.39 Å². The number of ketones is 2. The van der Waals surface area contributed by atoms with Gasteiger partial charge in [0.1, 0.15) is 17.3 Å². The molecule has 1 N–H and O–H groups in total. The van der Waals surface area contributed by atoms with E-state index in [4.69, 9.17) is 0 Å². The first-order chi connectivity index (χ1) is 18.1. The summed E-state index contributed by atoms with van der Waals surface area (Å²) >= 11 is 0. The average molecular weight is 509 g/mol. The number of Topliss-reactive ketones (excluding diaryl/α,β-unsaturated/α-hetero) is 2. The van der Waals surface area contributed by atoms with E-state index < -0.39 is 40.4 Å². The normalized spacial score (nSPS) is 25.4. The summed E-state index contributed by atoms with van der Waals surface area (Å²) in [5.41, 5.74) is 1.58. The van der Waals surface area contributed by atoms with Crippen LogP contribution >= 0.6 is 0 Å². The van der Waals surface area contributed by atoms with Crippen LogP contribution in [-0.4, -0.2) is 29.6 Å². The predicted molar refractivity (Wildman–Crippen MR) is 146 cm³/mol. The minimum absolute atomic E-state index is 0.116. The minimum Gasteiger partial charge on any atom is -0.352 e. The number of carbonyl (C=O) groups excluding carboxylic acids is 3. The van der Waals surface area contributed by atoms with Crippen LogP contribution in [-0.2, 0) is 15.0 Å². The number of amides is 1. The van der Waals surface area contributed by atoms with Gasteiger partial charge in [0.15, 0.2) is 11.6 Å². The Morgan fingerprint density at radius 3 is 2.34 bits per heavy atom. The van der Waals surface area contributed by atoms with Crippen molar-refractivity contribution in [1.29, 1.82) is 0 Å². The van der Waals surface area contributed by atoms with Crippen LogP contribution in [0.15, 0.2) is 78.9 Å². The largest absolute Gasteiger partial charge is 0.352 e. The zero-order valence-electron chi connectivity index (χ0n) is 21.8. The Morgan fingerprint density at radius 1 is 0.947 bits per heavy atom. The van der Waals surface area contributed by atoms with Gasteiger partial charge in [-0.2, -0.15) is 0 Å². The number of anilines is 2. The maximum absolute atomic E-state index is 15.2. The lowest BCUT2D eigenvalue weighted by molar-refractivity contribution is -0.128. The van der Waals surface area contributed by atoms with E-state index in [0.717, 1.165) is 16.8 Å². The second kappa shape index (κ2) is 8.22. The third kappa shape index (κ3) is 3.12. The number of carbonyl (C=O) groups is 3. The number of nitrogens with zero attached hydrogens (tertiary/aromatic N) is 1. The minimum atomic E-state index is -1.43. The van der Waals surface area contributed by atoms with Gasteiger partial charge >= 0.3 is 0 Å². The van der Waals surface area contributed by atoms with Crippen LogP contribution in [0.1, 0.15) is 49.2 Å². The lowest BCUT2D eigenvalue weighted by Crippen LogP contribution is -2.52. The van der Waals surface area contributed by atoms with E-state index >= 15 is 4.39 Å². The second-order valence-corrected chi connectivity index (χ2v) is 11.5. The van der Waals surface area contributed by atoms with Gasteiger partial charge in [0, 0.05) is 22.4 Å². The van der Waals surface area contributed by atoms with Gasteiger partial charge in [-0.05, 0) is 42.3 Å². The van der Waals surface area contributed by atoms with Crippen molar-refractivity contribution in [3.8, 4) is 0 Å². The van der Waals surface area contributed by atoms with Crippen molar-refractivity contribution < 1.29 is 18.8 Å². The highest BCUT2D eigenvalue weighted by molar-refractivity contribution is 6.17. The average Bonchev–Trinajstić information content (AvgIpc) is 3.36. The first kappa shape index (κ1) is 24.3. The quantitative estimate of drug-likeness (QED) is 0.454. The summed E-state index contributed by atoms with van der Waals surface area (Å²) in [4.78, 5) is 45.1. The highest BCUT2D eigenvalue weighted by Crippen LogP contribution is 2.59. The second-order valence-electron chi connectivity index (χ2n) is 11.5. The van der Waals surface area contributed by atoms with Gasteiger partial charge in [-0.1, -0.05) is 75.4 Å². The molecule has 6 heteroatoms. The molecule has 4 atom stereocenters. The molecule has 38 heavy (non-hydrogen) atoms. The summed E-state index contributed by atoms with van der Waals surface area (Å²) in [6.07, 6.45) is 2.00. The summed E-state index contributed by atoms with van der Waals surface area (Å²) < 4.78 is 15.2. The van der Waals surface area contributed by atoms with Crippen LogP contribution < -0.4 is 10.2 Å². The summed E-state index contributed by atoms with van der Waals surface area (Å²) in [6, 6.07) is 19.3. The first-order valence-corrected chi connectivity index (χ1v) is 12.9. The molecular formula is C32H29FN2O3. The van der Waals surface area contributed by atoms with Crippen molar-refractivity contribution in [1.82, 2.24) is 0 Å². The Kier molecular flexibility index (Phi) is 5.25. The van der Waals surface area contributed by atoms with Crippen LogP contribution in [0.2, 0.25) is 0 Å². The van der Waals surface area contributed by atoms with E-state index in [0.29, 0.717) is 11.3 Å². The molecule has 3 aliphatic rings. The Balaban J connectivity index is 1.72. The van der Waals surface area contributed by atoms with Gasteiger partial charge < -0.3 is 10.2 Å². The van der Waals surface area contributed by atoms with Gasteiger partial charge in [-0.15, -0.1) is 0 Å². The Labute approximate surface area is 221 Å². The fourth-order valence-corrected chi connectivity index (χ4v) is 6.66. The number of nitrogens with one attached hydrogen (secondary N) is 1. The molecule has 1 saturated heterocycles. The zero-order chi connectivity index (χ0) is 27.0. The lowest BCUT2D eigenvalue weighted by atomic mass is 9.63. The zero-order valence-corrected chi connectivity index (χ0v) is 21.8. The van der Waals surface area contributed by atoms with E-state index in [-0.39, 0.29) is 17.3 Å². The number of hydrogen-bond acceptors (Lipinski definition) is 4. The van der Waals surface area contributed by atoms with Crippen LogP contribution in [0.5, 0.6) is 0 Å². The maximum Gasteiger partial charge on any atom is 0.238 e. The van der Waals surface area contributed by atoms with Crippen LogP contribution in [0.3, 0.4) is 0 Å². The molecule has 3 heterocycles. The van der Waals surface area contributed by atoms with Crippen LogP contribution in [0.4, 0.5) is 15.8 Å². The standard InChI is InChI=1S/C32H29FN2O3/c1-18-17-25-32(21-13-7-9-15-23(21)34-30(32)38)26(28(36)20-12-5-8-14-22(20)33)27(29(37)31(2,3)4)35(25)24-16-10-6-11-19(18)24/h5-17,25-27H,1-4H3,(H,34,38)/t25-,26+,27-,32-/m1/s1. The Bertz CT molecular complexity index is 1550. The maximum atomic E-state index is 15.2. The highest BCUT2D eigenvalue weighted by Gasteiger charge is 2.71. The number of rotatable bonds is 3. The predicted octanol–water partition coefficient (Wildman–Crippen LogP) is 5.80. The van der Waals surface area contributed by atoms with E-state index in [1.807, 2.05) is 87.2 Å². The van der Waals surface area contributed by atoms with Crippen LogP contribution in [0.25, 0.3) is 5.57 Å². The SMILES string of the molecule is CC1=C[C@H]2N(c3ccccc31)[C@@H](C(=O)C(C)(C)C)[C@@H](C(=O)c1ccccc1F)[C@]21C(=O)Nc2ccccc21. The molecule has 3 aliphatic heterocycles. The van der Waals surface area contributed by atoms with Crippen molar-refractivity contribution in [3.63, 3.8) is 0 Å². The fraction of sp³-hybridized carbons (Fsp3) is 0.281. The molecular weight excluding hydrogens is 479 g/mol. The molecule has 6 rings (SSSR count). The van der Waals surface area contributed by atoms with Crippen molar-refractivity contribution in [2.45, 2.75) is 45.2 Å². The number of hydrogen-bond donors (Lipinski definition) is 1. The number of fused-ring (bicyclic) bond motifs is 6. The molecule has 0 bridgehead atoms. The molecule has 0 aliphatic carbocycles. The Morgan fingerprint density at radius 2 is 1.61 bits per heavy atom. The molecule has 3 aromatic carbocycles. The molecule has 0 unspecified atom stereocenters. The van der Waals surface area contributed by atoms with Crippen molar-refractivity contribution in [3.05, 3.63) is 101 Å². The summed E-state index contributed by atoms with van der Waals surface area (Å²) in [5, 5.41) is 3.00. The monoisotopic (exact) mass is 508 g/mol. The fourth-order valence-electron chi connectivity index (χ4n) is 6.66. The summed E-state index contributed by atoms with van der Waals surface area (Å²) in [5.74, 6) is -2.89. The number of halogens is 1. The topological polar surface area (TPSA) is 66.5 Å². The molecule has 0 radical (unpaired) electrons. The van der Waals surface area contributed by atoms with Crippen molar-refractivity contribution in [2.75, 3.05) is 10.2 Å². The van der Waals surface area contributed by atoms with Crippen molar-refractivity contribution >= 4 is 34.4 Å². The number of benzene rings is 3. The smallest absolute Gasteiger partial charge is 0.238 e. The third-order valence-corrected chi connectivity index (χ3v) is 8.31. The molecule has 0 saturated carbocycles. The molecule has 1 spiro atoms. The van der Waals surface area contributed by atoms with E-state index in [2.05, 4.69) is 5.32 Å². The van der Waals surface area contributed by atoms with E-state index in [1.165, 1.54) is 18.2 Å². The number of allylic oxidation sites excluding steroid dienone is 1. The molecule has 5 nitrogen and oxygen atoms in total. The summed E-state index contributed by atoms with van der Waals surface area (Å²) in [7, 11) is 0.